The maximum absolute atomic E-state index is 13.1. The van der Waals surface area contributed by atoms with E-state index in [2.05, 4.69) is 5.32 Å². The van der Waals surface area contributed by atoms with E-state index in [1.165, 1.54) is 4.31 Å². The lowest BCUT2D eigenvalue weighted by Crippen LogP contribution is -2.43. The van der Waals surface area contributed by atoms with Gasteiger partial charge in [0.2, 0.25) is 15.9 Å². The van der Waals surface area contributed by atoms with Crippen LogP contribution in [0.2, 0.25) is 0 Å². The minimum absolute atomic E-state index is 0.0529. The number of amides is 1. The molecule has 8 heteroatoms. The van der Waals surface area contributed by atoms with Crippen molar-refractivity contribution >= 4 is 15.9 Å². The van der Waals surface area contributed by atoms with Crippen LogP contribution in [0.25, 0.3) is 0 Å². The lowest BCUT2D eigenvalue weighted by Gasteiger charge is -2.31. The molecular formula is C26H36N2O5S. The Kier molecular flexibility index (Phi) is 8.60. The van der Waals surface area contributed by atoms with E-state index < -0.39 is 10.0 Å². The van der Waals surface area contributed by atoms with E-state index in [4.69, 9.17) is 9.47 Å². The smallest absolute Gasteiger partial charge is 0.243 e. The number of aryl methyl sites for hydroxylation is 2. The van der Waals surface area contributed by atoms with Crippen molar-refractivity contribution in [3.63, 3.8) is 0 Å². The summed E-state index contributed by atoms with van der Waals surface area (Å²) in [5, 5.41) is 3.08. The Hall–Kier alpha value is -2.58. The van der Waals surface area contributed by atoms with Crippen LogP contribution < -0.4 is 14.8 Å². The molecule has 0 bridgehead atoms. The second-order valence-corrected chi connectivity index (χ2v) is 10.7. The fourth-order valence-corrected chi connectivity index (χ4v) is 6.01. The van der Waals surface area contributed by atoms with Crippen LogP contribution in [0, 0.1) is 19.8 Å². The number of nitrogens with one attached hydrogen (secondary N) is 1. The number of rotatable bonds is 9. The van der Waals surface area contributed by atoms with Crippen LogP contribution in [0.3, 0.4) is 0 Å². The molecule has 0 aliphatic carbocycles. The third-order valence-corrected chi connectivity index (χ3v) is 8.26. The highest BCUT2D eigenvalue weighted by Crippen LogP contribution is 2.31. The molecule has 1 fully saturated rings. The molecule has 1 aliphatic rings. The summed E-state index contributed by atoms with van der Waals surface area (Å²) in [4.78, 5) is 13.3. The number of carbonyl (C=O) groups excluding carboxylic acids is 1. The topological polar surface area (TPSA) is 84.9 Å². The van der Waals surface area contributed by atoms with Crippen LogP contribution >= 0.6 is 0 Å². The molecule has 2 aromatic carbocycles. The standard InChI is InChI=1S/C26H36N2O5S/c1-6-32-23-10-9-22(17-24(23)33-7-2)20(5)27-26(29)21-12-14-28(15-13-21)34(30,31)25-11-8-18(3)16-19(25)4/h8-11,16-17,20-21H,6-7,12-15H2,1-5H3,(H,27,29)/t20-/m0/s1. The lowest BCUT2D eigenvalue weighted by atomic mass is 9.96. The normalized spacial score (nSPS) is 16.1. The number of piperidine rings is 1. The molecule has 0 radical (unpaired) electrons. The zero-order chi connectivity index (χ0) is 24.9. The van der Waals surface area contributed by atoms with Crippen LogP contribution in [0.5, 0.6) is 11.5 Å². The summed E-state index contributed by atoms with van der Waals surface area (Å²) in [5.74, 6) is 1.07. The van der Waals surface area contributed by atoms with E-state index >= 15 is 0 Å². The first-order valence-electron chi connectivity index (χ1n) is 11.9. The van der Waals surface area contributed by atoms with E-state index in [0.29, 0.717) is 55.5 Å². The fraction of sp³-hybridized carbons (Fsp3) is 0.500. The Bertz CT molecular complexity index is 1110. The monoisotopic (exact) mass is 488 g/mol. The van der Waals surface area contributed by atoms with Gasteiger partial charge in [0.15, 0.2) is 11.5 Å². The quantitative estimate of drug-likeness (QED) is 0.566. The number of ether oxygens (including phenoxy) is 2. The SMILES string of the molecule is CCOc1ccc([C@H](C)NC(=O)C2CCN(S(=O)(=O)c3ccc(C)cc3C)CC2)cc1OCC. The molecule has 0 unspecified atom stereocenters. The molecule has 0 spiro atoms. The van der Waals surface area contributed by atoms with Crippen molar-refractivity contribution in [2.75, 3.05) is 26.3 Å². The van der Waals surface area contributed by atoms with Gasteiger partial charge in [-0.25, -0.2) is 8.42 Å². The van der Waals surface area contributed by atoms with Crippen LogP contribution in [0.1, 0.15) is 56.3 Å². The van der Waals surface area contributed by atoms with Gasteiger partial charge in [-0.05, 0) is 76.8 Å². The first-order chi connectivity index (χ1) is 16.2. The van der Waals surface area contributed by atoms with Gasteiger partial charge in [-0.15, -0.1) is 0 Å². The minimum Gasteiger partial charge on any atom is -0.490 e. The zero-order valence-electron chi connectivity index (χ0n) is 20.8. The summed E-state index contributed by atoms with van der Waals surface area (Å²) in [6.45, 7) is 11.3. The number of nitrogens with zero attached hydrogens (tertiary/aromatic N) is 1. The molecule has 1 heterocycles. The van der Waals surface area contributed by atoms with Gasteiger partial charge in [0.25, 0.3) is 0 Å². The van der Waals surface area contributed by atoms with Crippen molar-refractivity contribution in [1.29, 1.82) is 0 Å². The van der Waals surface area contributed by atoms with Crippen LogP contribution in [0.15, 0.2) is 41.3 Å². The molecule has 1 saturated heterocycles. The van der Waals surface area contributed by atoms with Crippen molar-refractivity contribution in [2.24, 2.45) is 5.92 Å². The van der Waals surface area contributed by atoms with Gasteiger partial charge < -0.3 is 14.8 Å². The van der Waals surface area contributed by atoms with Gasteiger partial charge in [-0.2, -0.15) is 4.31 Å². The Morgan fingerprint density at radius 1 is 1.03 bits per heavy atom. The van der Waals surface area contributed by atoms with E-state index in [1.54, 1.807) is 6.07 Å². The highest BCUT2D eigenvalue weighted by molar-refractivity contribution is 7.89. The molecule has 1 atom stereocenters. The van der Waals surface area contributed by atoms with E-state index in [1.807, 2.05) is 65.0 Å². The summed E-state index contributed by atoms with van der Waals surface area (Å²) in [5.41, 5.74) is 2.70. The number of carbonyl (C=O) groups is 1. The Morgan fingerprint density at radius 2 is 1.68 bits per heavy atom. The second-order valence-electron chi connectivity index (χ2n) is 8.75. The third kappa shape index (κ3) is 5.91. The first-order valence-corrected chi connectivity index (χ1v) is 13.4. The maximum Gasteiger partial charge on any atom is 0.243 e. The molecule has 0 aromatic heterocycles. The molecule has 1 amide bonds. The molecule has 0 saturated carbocycles. The highest BCUT2D eigenvalue weighted by Gasteiger charge is 2.33. The Labute approximate surface area is 203 Å². The molecule has 2 aromatic rings. The molecular weight excluding hydrogens is 452 g/mol. The summed E-state index contributed by atoms with van der Waals surface area (Å²) in [7, 11) is -3.57. The molecule has 186 valence electrons. The summed E-state index contributed by atoms with van der Waals surface area (Å²) < 4.78 is 39.1. The Balaban J connectivity index is 1.62. The second kappa shape index (κ2) is 11.2. The van der Waals surface area contributed by atoms with Crippen molar-refractivity contribution in [1.82, 2.24) is 9.62 Å². The number of hydrogen-bond acceptors (Lipinski definition) is 5. The van der Waals surface area contributed by atoms with Crippen LogP contribution in [-0.2, 0) is 14.8 Å². The van der Waals surface area contributed by atoms with Gasteiger partial charge in [-0.1, -0.05) is 23.8 Å². The molecule has 3 rings (SSSR count). The molecule has 7 nitrogen and oxygen atoms in total. The summed E-state index contributed by atoms with van der Waals surface area (Å²) in [6.07, 6.45) is 0.992. The average Bonchev–Trinajstić information content (AvgIpc) is 2.80. The summed E-state index contributed by atoms with van der Waals surface area (Å²) >= 11 is 0. The van der Waals surface area contributed by atoms with Crippen molar-refractivity contribution in [3.8, 4) is 11.5 Å². The maximum atomic E-state index is 13.1. The predicted molar refractivity (Wildman–Crippen MR) is 133 cm³/mol. The summed E-state index contributed by atoms with van der Waals surface area (Å²) in [6, 6.07) is 10.9. The lowest BCUT2D eigenvalue weighted by molar-refractivity contribution is -0.126. The van der Waals surface area contributed by atoms with Gasteiger partial charge >= 0.3 is 0 Å². The van der Waals surface area contributed by atoms with Crippen molar-refractivity contribution in [3.05, 3.63) is 53.1 Å². The van der Waals surface area contributed by atoms with E-state index in [-0.39, 0.29) is 17.9 Å². The van der Waals surface area contributed by atoms with E-state index in [0.717, 1.165) is 16.7 Å². The zero-order valence-corrected chi connectivity index (χ0v) is 21.6. The highest BCUT2D eigenvalue weighted by atomic mass is 32.2. The molecule has 34 heavy (non-hydrogen) atoms. The van der Waals surface area contributed by atoms with Crippen LogP contribution in [0.4, 0.5) is 0 Å². The van der Waals surface area contributed by atoms with Gasteiger partial charge in [0.05, 0.1) is 24.2 Å². The number of sulfonamides is 1. The predicted octanol–water partition coefficient (Wildman–Crippen LogP) is 4.38. The molecule has 1 aliphatic heterocycles. The van der Waals surface area contributed by atoms with Crippen molar-refractivity contribution < 1.29 is 22.7 Å². The fourth-order valence-electron chi connectivity index (χ4n) is 4.34. The minimum atomic E-state index is -3.57. The molecule has 1 N–H and O–H groups in total. The Morgan fingerprint density at radius 3 is 2.29 bits per heavy atom. The van der Waals surface area contributed by atoms with Crippen molar-refractivity contribution in [2.45, 2.75) is 58.4 Å². The average molecular weight is 489 g/mol. The van der Waals surface area contributed by atoms with Gasteiger partial charge in [0.1, 0.15) is 0 Å². The number of benzene rings is 2. The van der Waals surface area contributed by atoms with Crippen LogP contribution in [-0.4, -0.2) is 44.9 Å². The largest absolute Gasteiger partial charge is 0.490 e. The third-order valence-electron chi connectivity index (χ3n) is 6.20. The van der Waals surface area contributed by atoms with E-state index in [9.17, 15) is 13.2 Å². The van der Waals surface area contributed by atoms with Gasteiger partial charge in [0, 0.05) is 19.0 Å². The number of hydrogen-bond donors (Lipinski definition) is 1. The van der Waals surface area contributed by atoms with Gasteiger partial charge in [-0.3, -0.25) is 4.79 Å². The first kappa shape index (κ1) is 26.0.